The molecule has 2 aliphatic rings. The third kappa shape index (κ3) is 4.34. The molecule has 2 aliphatic carbocycles. The summed E-state index contributed by atoms with van der Waals surface area (Å²) in [5, 5.41) is 4.84. The standard InChI is InChI=1S/C21H28N2/c1-16-13-18(14-17(16)2)15-21(19-9-5-3-6-10-19)23-22-20-11-7-4-8-12-20/h3,5-6,9-10,13,20,22H,4,7-8,11-12,14-15H2,1-2H3. The molecular formula is C21H28N2. The van der Waals surface area contributed by atoms with Gasteiger partial charge in [-0.15, -0.1) is 0 Å². The van der Waals surface area contributed by atoms with Crippen LogP contribution < -0.4 is 5.43 Å². The van der Waals surface area contributed by atoms with Crippen LogP contribution in [0.5, 0.6) is 0 Å². The fourth-order valence-corrected chi connectivity index (χ4v) is 3.53. The number of hydrogen-bond acceptors (Lipinski definition) is 2. The van der Waals surface area contributed by atoms with Gasteiger partial charge in [0.1, 0.15) is 0 Å². The Balaban J connectivity index is 1.73. The highest BCUT2D eigenvalue weighted by molar-refractivity contribution is 6.02. The number of nitrogens with one attached hydrogen (secondary N) is 1. The lowest BCUT2D eigenvalue weighted by Gasteiger charge is -2.22. The van der Waals surface area contributed by atoms with Crippen LogP contribution >= 0.6 is 0 Å². The van der Waals surface area contributed by atoms with Gasteiger partial charge in [0.15, 0.2) is 0 Å². The largest absolute Gasteiger partial charge is 0.307 e. The molecule has 1 aromatic rings. The highest BCUT2D eigenvalue weighted by Gasteiger charge is 2.15. The van der Waals surface area contributed by atoms with Gasteiger partial charge in [-0.05, 0) is 38.7 Å². The quantitative estimate of drug-likeness (QED) is 0.574. The molecule has 0 bridgehead atoms. The van der Waals surface area contributed by atoms with E-state index in [2.05, 4.69) is 55.7 Å². The van der Waals surface area contributed by atoms with Gasteiger partial charge < -0.3 is 5.43 Å². The minimum Gasteiger partial charge on any atom is -0.307 e. The molecule has 1 fully saturated rings. The lowest BCUT2D eigenvalue weighted by molar-refractivity contribution is 0.380. The first-order valence-corrected chi connectivity index (χ1v) is 8.95. The molecule has 0 aromatic heterocycles. The Bertz CT molecular complexity index is 617. The molecule has 0 unspecified atom stereocenters. The highest BCUT2D eigenvalue weighted by Crippen LogP contribution is 2.28. The molecule has 0 saturated heterocycles. The van der Waals surface area contributed by atoms with Crippen molar-refractivity contribution in [1.29, 1.82) is 0 Å². The minimum absolute atomic E-state index is 0.557. The van der Waals surface area contributed by atoms with Crippen molar-refractivity contribution >= 4 is 5.71 Å². The first-order chi connectivity index (χ1) is 11.2. The molecular weight excluding hydrogens is 280 g/mol. The van der Waals surface area contributed by atoms with Crippen molar-refractivity contribution in [2.24, 2.45) is 5.10 Å². The normalized spacial score (nSPS) is 19.9. The highest BCUT2D eigenvalue weighted by atomic mass is 15.3. The van der Waals surface area contributed by atoms with Gasteiger partial charge >= 0.3 is 0 Å². The number of rotatable bonds is 5. The maximum absolute atomic E-state index is 4.84. The van der Waals surface area contributed by atoms with E-state index >= 15 is 0 Å². The maximum atomic E-state index is 4.84. The van der Waals surface area contributed by atoms with E-state index in [9.17, 15) is 0 Å². The zero-order valence-electron chi connectivity index (χ0n) is 14.4. The van der Waals surface area contributed by atoms with Gasteiger partial charge in [0.05, 0.1) is 5.71 Å². The zero-order valence-corrected chi connectivity index (χ0v) is 14.4. The average Bonchev–Trinajstić information content (AvgIpc) is 2.91. The summed E-state index contributed by atoms with van der Waals surface area (Å²) < 4.78 is 0. The topological polar surface area (TPSA) is 24.4 Å². The molecule has 3 rings (SSSR count). The lowest BCUT2D eigenvalue weighted by atomic mass is 9.96. The van der Waals surface area contributed by atoms with Crippen molar-refractivity contribution in [2.75, 3.05) is 0 Å². The van der Waals surface area contributed by atoms with Crippen LogP contribution in [0.2, 0.25) is 0 Å². The smallest absolute Gasteiger partial charge is 0.0715 e. The first-order valence-electron chi connectivity index (χ1n) is 8.95. The summed E-state index contributed by atoms with van der Waals surface area (Å²) >= 11 is 0. The summed E-state index contributed by atoms with van der Waals surface area (Å²) in [6.07, 6.45) is 10.9. The van der Waals surface area contributed by atoms with E-state index in [1.54, 1.807) is 0 Å². The number of benzene rings is 1. The monoisotopic (exact) mass is 308 g/mol. The Morgan fingerprint density at radius 2 is 1.83 bits per heavy atom. The Morgan fingerprint density at radius 3 is 2.48 bits per heavy atom. The average molecular weight is 308 g/mol. The van der Waals surface area contributed by atoms with E-state index in [1.165, 1.54) is 60.1 Å². The number of nitrogens with zero attached hydrogens (tertiary/aromatic N) is 1. The third-order valence-corrected chi connectivity index (χ3v) is 5.07. The molecule has 1 aromatic carbocycles. The molecule has 1 N–H and O–H groups in total. The van der Waals surface area contributed by atoms with Crippen molar-refractivity contribution in [1.82, 2.24) is 5.43 Å². The van der Waals surface area contributed by atoms with Gasteiger partial charge in [-0.2, -0.15) is 5.10 Å². The van der Waals surface area contributed by atoms with Gasteiger partial charge in [-0.3, -0.25) is 0 Å². The molecule has 23 heavy (non-hydrogen) atoms. The van der Waals surface area contributed by atoms with E-state index in [0.29, 0.717) is 6.04 Å². The van der Waals surface area contributed by atoms with E-state index in [4.69, 9.17) is 5.10 Å². The predicted octanol–water partition coefficient (Wildman–Crippen LogP) is 5.37. The predicted molar refractivity (Wildman–Crippen MR) is 98.7 cm³/mol. The molecule has 0 atom stereocenters. The Hall–Kier alpha value is -1.83. The SMILES string of the molecule is CC1=C(C)CC(CC(=NNC2CCCCC2)c2ccccc2)=C1. The molecule has 2 heteroatoms. The second-order valence-corrected chi connectivity index (χ2v) is 7.01. The Kier molecular flexibility index (Phi) is 5.32. The third-order valence-electron chi connectivity index (χ3n) is 5.07. The fourth-order valence-electron chi connectivity index (χ4n) is 3.53. The summed E-state index contributed by atoms with van der Waals surface area (Å²) in [6, 6.07) is 11.2. The van der Waals surface area contributed by atoms with Crippen LogP contribution in [0.1, 0.15) is 64.4 Å². The van der Waals surface area contributed by atoms with Gasteiger partial charge in [0, 0.05) is 12.5 Å². The van der Waals surface area contributed by atoms with Crippen LogP contribution in [-0.4, -0.2) is 11.8 Å². The Labute approximate surface area is 140 Å². The van der Waals surface area contributed by atoms with Crippen LogP contribution in [-0.2, 0) is 0 Å². The van der Waals surface area contributed by atoms with Crippen molar-refractivity contribution in [3.63, 3.8) is 0 Å². The van der Waals surface area contributed by atoms with Crippen LogP contribution in [0.3, 0.4) is 0 Å². The molecule has 0 aliphatic heterocycles. The van der Waals surface area contributed by atoms with Gasteiger partial charge in [-0.1, -0.05) is 72.4 Å². The molecule has 1 saturated carbocycles. The number of allylic oxidation sites excluding steroid dienone is 4. The second kappa shape index (κ2) is 7.63. The molecule has 2 nitrogen and oxygen atoms in total. The maximum Gasteiger partial charge on any atom is 0.0715 e. The molecule has 0 spiro atoms. The molecule has 0 amide bonds. The summed E-state index contributed by atoms with van der Waals surface area (Å²) in [4.78, 5) is 0. The summed E-state index contributed by atoms with van der Waals surface area (Å²) in [6.45, 7) is 4.44. The lowest BCUT2D eigenvalue weighted by Crippen LogP contribution is -2.28. The van der Waals surface area contributed by atoms with Crippen LogP contribution in [0.15, 0.2) is 58.2 Å². The van der Waals surface area contributed by atoms with Gasteiger partial charge in [0.2, 0.25) is 0 Å². The summed E-state index contributed by atoms with van der Waals surface area (Å²) in [7, 11) is 0. The van der Waals surface area contributed by atoms with E-state index in [-0.39, 0.29) is 0 Å². The van der Waals surface area contributed by atoms with Crippen molar-refractivity contribution in [3.8, 4) is 0 Å². The van der Waals surface area contributed by atoms with E-state index in [0.717, 1.165) is 12.8 Å². The van der Waals surface area contributed by atoms with E-state index < -0.39 is 0 Å². The zero-order chi connectivity index (χ0) is 16.1. The molecule has 0 heterocycles. The van der Waals surface area contributed by atoms with Crippen LogP contribution in [0, 0.1) is 0 Å². The first kappa shape index (κ1) is 16.0. The number of hydrazone groups is 1. The summed E-state index contributed by atoms with van der Waals surface area (Å²) in [5.41, 5.74) is 10.3. The van der Waals surface area contributed by atoms with Gasteiger partial charge in [-0.25, -0.2) is 0 Å². The second-order valence-electron chi connectivity index (χ2n) is 7.01. The molecule has 122 valence electrons. The minimum atomic E-state index is 0.557. The fraction of sp³-hybridized carbons (Fsp3) is 0.476. The van der Waals surface area contributed by atoms with Crippen molar-refractivity contribution in [3.05, 3.63) is 58.7 Å². The number of hydrogen-bond donors (Lipinski definition) is 1. The van der Waals surface area contributed by atoms with Crippen molar-refractivity contribution in [2.45, 2.75) is 64.8 Å². The Morgan fingerprint density at radius 1 is 1.09 bits per heavy atom. The van der Waals surface area contributed by atoms with Crippen LogP contribution in [0.4, 0.5) is 0 Å². The summed E-state index contributed by atoms with van der Waals surface area (Å²) in [5.74, 6) is 0. The van der Waals surface area contributed by atoms with Gasteiger partial charge in [0.25, 0.3) is 0 Å². The van der Waals surface area contributed by atoms with Crippen LogP contribution in [0.25, 0.3) is 0 Å². The molecule has 0 radical (unpaired) electrons. The van der Waals surface area contributed by atoms with Crippen molar-refractivity contribution < 1.29 is 0 Å². The van der Waals surface area contributed by atoms with E-state index in [1.807, 2.05) is 0 Å².